The zero-order chi connectivity index (χ0) is 21.3. The van der Waals surface area contributed by atoms with Gasteiger partial charge < -0.3 is 19.3 Å². The molecule has 0 unspecified atom stereocenters. The van der Waals surface area contributed by atoms with Gasteiger partial charge in [-0.1, -0.05) is 12.1 Å². The third-order valence-corrected chi connectivity index (χ3v) is 5.65. The summed E-state index contributed by atoms with van der Waals surface area (Å²) in [7, 11) is 1.62. The minimum atomic E-state index is -0.107. The molecule has 0 saturated carbocycles. The van der Waals surface area contributed by atoms with E-state index < -0.39 is 0 Å². The molecule has 0 radical (unpaired) electrons. The second-order valence-corrected chi connectivity index (χ2v) is 8.07. The SMILES string of the molecule is COc1ccc(CC(=O)N2CCc3c(nc(N4C[C@@H](C)O[C@@H](C)C4)[nH]c3=O)C2)cc1. The number of rotatable bonds is 4. The topological polar surface area (TPSA) is 87.8 Å². The first-order valence-electron chi connectivity index (χ1n) is 10.4. The van der Waals surface area contributed by atoms with Crippen molar-refractivity contribution >= 4 is 11.9 Å². The molecule has 4 rings (SSSR count). The first-order valence-corrected chi connectivity index (χ1v) is 10.4. The van der Waals surface area contributed by atoms with Crippen molar-refractivity contribution in [2.75, 3.05) is 31.6 Å². The minimum absolute atomic E-state index is 0.0306. The Balaban J connectivity index is 1.50. The number of H-pyrrole nitrogens is 1. The lowest BCUT2D eigenvalue weighted by molar-refractivity contribution is -0.131. The van der Waals surface area contributed by atoms with Crippen molar-refractivity contribution in [1.82, 2.24) is 14.9 Å². The van der Waals surface area contributed by atoms with Crippen LogP contribution in [0.4, 0.5) is 5.95 Å². The highest BCUT2D eigenvalue weighted by Crippen LogP contribution is 2.21. The molecule has 1 saturated heterocycles. The normalized spacial score (nSPS) is 21.3. The Kier molecular flexibility index (Phi) is 5.76. The predicted molar refractivity (Wildman–Crippen MR) is 113 cm³/mol. The number of nitrogens with zero attached hydrogens (tertiary/aromatic N) is 3. The number of hydrogen-bond acceptors (Lipinski definition) is 6. The van der Waals surface area contributed by atoms with Gasteiger partial charge in [0.1, 0.15) is 5.75 Å². The van der Waals surface area contributed by atoms with Crippen LogP contribution in [0, 0.1) is 0 Å². The second kappa shape index (κ2) is 8.47. The number of methoxy groups -OCH3 is 1. The summed E-state index contributed by atoms with van der Waals surface area (Å²) in [4.78, 5) is 37.0. The van der Waals surface area contributed by atoms with Gasteiger partial charge in [-0.25, -0.2) is 4.98 Å². The van der Waals surface area contributed by atoms with Crippen LogP contribution in [0.25, 0.3) is 0 Å². The Morgan fingerprint density at radius 1 is 1.23 bits per heavy atom. The maximum absolute atomic E-state index is 12.8. The number of anilines is 1. The number of ether oxygens (including phenoxy) is 2. The number of morpholine rings is 1. The molecular formula is C22H28N4O4. The number of nitrogens with one attached hydrogen (secondary N) is 1. The van der Waals surface area contributed by atoms with Gasteiger partial charge in [-0.2, -0.15) is 0 Å². The Morgan fingerprint density at radius 2 is 1.93 bits per heavy atom. The summed E-state index contributed by atoms with van der Waals surface area (Å²) in [6.07, 6.45) is 0.964. The number of aromatic nitrogens is 2. The molecule has 0 aliphatic carbocycles. The van der Waals surface area contributed by atoms with Crippen LogP contribution in [-0.4, -0.2) is 59.7 Å². The van der Waals surface area contributed by atoms with Gasteiger partial charge in [-0.3, -0.25) is 14.6 Å². The van der Waals surface area contributed by atoms with Crippen LogP contribution in [0.1, 0.15) is 30.7 Å². The number of carbonyl (C=O) groups excluding carboxylic acids is 1. The lowest BCUT2D eigenvalue weighted by atomic mass is 10.0. The molecule has 2 atom stereocenters. The van der Waals surface area contributed by atoms with E-state index in [1.54, 1.807) is 12.0 Å². The fourth-order valence-electron chi connectivity index (χ4n) is 4.17. The highest BCUT2D eigenvalue weighted by Gasteiger charge is 2.28. The molecule has 160 valence electrons. The lowest BCUT2D eigenvalue weighted by Gasteiger charge is -2.36. The fourth-order valence-corrected chi connectivity index (χ4v) is 4.17. The zero-order valence-corrected chi connectivity index (χ0v) is 17.7. The Bertz CT molecular complexity index is 962. The molecule has 30 heavy (non-hydrogen) atoms. The molecule has 1 aromatic heterocycles. The number of benzene rings is 1. The first-order chi connectivity index (χ1) is 14.4. The van der Waals surface area contributed by atoms with E-state index in [9.17, 15) is 9.59 Å². The molecule has 1 amide bonds. The standard InChI is InChI=1S/C22H28N4O4/c1-14-11-26(12-15(2)30-14)22-23-19-13-25(9-8-18(19)21(28)24-22)20(27)10-16-4-6-17(29-3)7-5-16/h4-7,14-15H,8-13H2,1-3H3,(H,23,24,28)/t14-,15+. The van der Waals surface area contributed by atoms with Gasteiger partial charge in [-0.05, 0) is 38.0 Å². The van der Waals surface area contributed by atoms with Crippen LogP contribution in [-0.2, 0) is 28.9 Å². The summed E-state index contributed by atoms with van der Waals surface area (Å²) in [6.45, 7) is 6.25. The highest BCUT2D eigenvalue weighted by molar-refractivity contribution is 5.79. The van der Waals surface area contributed by atoms with Crippen molar-refractivity contribution in [1.29, 1.82) is 0 Å². The van der Waals surface area contributed by atoms with E-state index in [1.807, 2.05) is 38.1 Å². The van der Waals surface area contributed by atoms with Crippen LogP contribution in [0.15, 0.2) is 29.1 Å². The average molecular weight is 412 g/mol. The van der Waals surface area contributed by atoms with E-state index in [-0.39, 0.29) is 23.7 Å². The molecule has 2 aliphatic heterocycles. The third kappa shape index (κ3) is 4.33. The van der Waals surface area contributed by atoms with Crippen molar-refractivity contribution in [2.45, 2.75) is 45.4 Å². The van der Waals surface area contributed by atoms with Crippen LogP contribution in [0.5, 0.6) is 5.75 Å². The summed E-state index contributed by atoms with van der Waals surface area (Å²) >= 11 is 0. The van der Waals surface area contributed by atoms with E-state index in [2.05, 4.69) is 9.88 Å². The van der Waals surface area contributed by atoms with Crippen LogP contribution in [0.2, 0.25) is 0 Å². The summed E-state index contributed by atoms with van der Waals surface area (Å²) in [5, 5.41) is 0. The smallest absolute Gasteiger partial charge is 0.255 e. The Morgan fingerprint density at radius 3 is 2.60 bits per heavy atom. The summed E-state index contributed by atoms with van der Waals surface area (Å²) in [5.74, 6) is 1.36. The predicted octanol–water partition coefficient (Wildman–Crippen LogP) is 1.52. The lowest BCUT2D eigenvalue weighted by Crippen LogP contribution is -2.47. The van der Waals surface area contributed by atoms with Crippen molar-refractivity contribution < 1.29 is 14.3 Å². The second-order valence-electron chi connectivity index (χ2n) is 8.07. The largest absolute Gasteiger partial charge is 0.497 e. The van der Waals surface area contributed by atoms with Gasteiger partial charge in [0.25, 0.3) is 5.56 Å². The Labute approximate surface area is 175 Å². The highest BCUT2D eigenvalue weighted by atomic mass is 16.5. The first kappa shape index (κ1) is 20.4. The number of hydrogen-bond donors (Lipinski definition) is 1. The van der Waals surface area contributed by atoms with Crippen LogP contribution >= 0.6 is 0 Å². The van der Waals surface area contributed by atoms with Gasteiger partial charge in [0.2, 0.25) is 11.9 Å². The number of carbonyl (C=O) groups is 1. The van der Waals surface area contributed by atoms with Gasteiger partial charge in [0.15, 0.2) is 0 Å². The zero-order valence-electron chi connectivity index (χ0n) is 17.7. The molecule has 8 heteroatoms. The van der Waals surface area contributed by atoms with Crippen LogP contribution < -0.4 is 15.2 Å². The van der Waals surface area contributed by atoms with Gasteiger partial charge in [0.05, 0.1) is 38.0 Å². The van der Waals surface area contributed by atoms with Gasteiger partial charge >= 0.3 is 0 Å². The molecule has 2 aliphatic rings. The number of aromatic amines is 1. The van der Waals surface area contributed by atoms with Gasteiger partial charge in [0, 0.05) is 25.2 Å². The maximum Gasteiger partial charge on any atom is 0.255 e. The molecule has 0 spiro atoms. The van der Waals surface area contributed by atoms with E-state index >= 15 is 0 Å². The molecule has 3 heterocycles. The fraction of sp³-hybridized carbons (Fsp3) is 0.500. The van der Waals surface area contributed by atoms with E-state index in [4.69, 9.17) is 14.5 Å². The van der Waals surface area contributed by atoms with Gasteiger partial charge in [-0.15, -0.1) is 0 Å². The van der Waals surface area contributed by atoms with Crippen molar-refractivity contribution in [3.05, 3.63) is 51.4 Å². The number of amides is 1. The molecular weight excluding hydrogens is 384 g/mol. The van der Waals surface area contributed by atoms with Crippen molar-refractivity contribution in [3.63, 3.8) is 0 Å². The van der Waals surface area contributed by atoms with E-state index in [0.29, 0.717) is 56.2 Å². The molecule has 1 aromatic carbocycles. The minimum Gasteiger partial charge on any atom is -0.497 e. The molecule has 2 aromatic rings. The molecule has 0 bridgehead atoms. The Hall–Kier alpha value is -2.87. The molecule has 1 N–H and O–H groups in total. The summed E-state index contributed by atoms with van der Waals surface area (Å²) in [5.41, 5.74) is 2.20. The number of fused-ring (bicyclic) bond motifs is 1. The van der Waals surface area contributed by atoms with Crippen molar-refractivity contribution in [3.8, 4) is 5.75 Å². The van der Waals surface area contributed by atoms with E-state index in [1.165, 1.54) is 0 Å². The monoisotopic (exact) mass is 412 g/mol. The average Bonchev–Trinajstić information content (AvgIpc) is 2.73. The molecule has 1 fully saturated rings. The molecule has 8 nitrogen and oxygen atoms in total. The summed E-state index contributed by atoms with van der Waals surface area (Å²) in [6, 6.07) is 7.50. The quantitative estimate of drug-likeness (QED) is 0.819. The van der Waals surface area contributed by atoms with E-state index in [0.717, 1.165) is 11.3 Å². The summed E-state index contributed by atoms with van der Waals surface area (Å²) < 4.78 is 10.9. The maximum atomic E-state index is 12.8. The van der Waals surface area contributed by atoms with Crippen LogP contribution in [0.3, 0.4) is 0 Å². The van der Waals surface area contributed by atoms with Crippen molar-refractivity contribution in [2.24, 2.45) is 0 Å². The third-order valence-electron chi connectivity index (χ3n) is 5.65.